The average molecular weight is 471 g/mol. The van der Waals surface area contributed by atoms with Gasteiger partial charge in [-0.1, -0.05) is 60.5 Å². The Labute approximate surface area is 201 Å². The number of hydrogen-bond donors (Lipinski definition) is 1. The van der Waals surface area contributed by atoms with Gasteiger partial charge in [0.25, 0.3) is 0 Å². The molecule has 1 aliphatic heterocycles. The number of carbonyl (C=O) groups is 1. The van der Waals surface area contributed by atoms with Crippen molar-refractivity contribution >= 4 is 29.1 Å². The summed E-state index contributed by atoms with van der Waals surface area (Å²) in [5, 5.41) is 4.78. The summed E-state index contributed by atoms with van der Waals surface area (Å²) in [7, 11) is 1.97. The number of likely N-dealkylation sites (tertiary alicyclic amines) is 1. The van der Waals surface area contributed by atoms with E-state index < -0.39 is 5.41 Å². The Bertz CT molecular complexity index is 972. The van der Waals surface area contributed by atoms with Crippen molar-refractivity contribution in [3.05, 3.63) is 82.4 Å². The normalized spacial score (nSPS) is 26.8. The van der Waals surface area contributed by atoms with E-state index in [0.717, 1.165) is 23.6 Å². The highest BCUT2D eigenvalue weighted by Gasteiger charge is 2.53. The molecule has 2 fully saturated rings. The number of likely N-dealkylation sites (N-methyl/N-ethyl adjacent to an activating group) is 1. The molecule has 4 atom stereocenters. The van der Waals surface area contributed by atoms with Gasteiger partial charge >= 0.3 is 0 Å². The SMILES string of the molecule is C=CCC1(C)CC(c2cccc(Cl)c2)C(c2ccc(Cl)cc2)N(C(CNC)C2CC2)C1=O. The second-order valence-corrected chi connectivity index (χ2v) is 10.5. The highest BCUT2D eigenvalue weighted by atomic mass is 35.5. The Kier molecular flexibility index (Phi) is 7.00. The second-order valence-electron chi connectivity index (χ2n) is 9.59. The summed E-state index contributed by atoms with van der Waals surface area (Å²) < 4.78 is 0. The zero-order valence-electron chi connectivity index (χ0n) is 18.9. The van der Waals surface area contributed by atoms with Crippen molar-refractivity contribution in [3.63, 3.8) is 0 Å². The fourth-order valence-corrected chi connectivity index (χ4v) is 5.76. The van der Waals surface area contributed by atoms with Crippen LogP contribution >= 0.6 is 23.2 Å². The minimum absolute atomic E-state index is 0.0740. The van der Waals surface area contributed by atoms with Gasteiger partial charge in [0.05, 0.1) is 11.5 Å². The van der Waals surface area contributed by atoms with Crippen molar-refractivity contribution in [2.24, 2.45) is 11.3 Å². The van der Waals surface area contributed by atoms with E-state index >= 15 is 0 Å². The van der Waals surface area contributed by atoms with Crippen molar-refractivity contribution < 1.29 is 4.79 Å². The lowest BCUT2D eigenvalue weighted by Gasteiger charge is -2.52. The van der Waals surface area contributed by atoms with Gasteiger partial charge in [0.1, 0.15) is 0 Å². The van der Waals surface area contributed by atoms with Gasteiger partial charge in [0.15, 0.2) is 0 Å². The molecule has 3 nitrogen and oxygen atoms in total. The fourth-order valence-electron chi connectivity index (χ4n) is 5.43. The molecule has 5 heteroatoms. The summed E-state index contributed by atoms with van der Waals surface area (Å²) in [6.45, 7) is 6.85. The first-order chi connectivity index (χ1) is 15.4. The summed E-state index contributed by atoms with van der Waals surface area (Å²) in [4.78, 5) is 16.4. The average Bonchev–Trinajstić information content (AvgIpc) is 3.60. The summed E-state index contributed by atoms with van der Waals surface area (Å²) in [6, 6.07) is 16.2. The van der Waals surface area contributed by atoms with Crippen molar-refractivity contribution in [1.82, 2.24) is 10.2 Å². The van der Waals surface area contributed by atoms with Gasteiger partial charge in [-0.15, -0.1) is 6.58 Å². The van der Waals surface area contributed by atoms with Gasteiger partial charge in [0.2, 0.25) is 5.91 Å². The molecule has 1 heterocycles. The number of carbonyl (C=O) groups excluding carboxylic acids is 1. The van der Waals surface area contributed by atoms with Gasteiger partial charge in [0, 0.05) is 28.5 Å². The first-order valence-corrected chi connectivity index (χ1v) is 12.2. The Morgan fingerprint density at radius 3 is 2.47 bits per heavy atom. The fraction of sp³-hybridized carbons (Fsp3) is 0.444. The smallest absolute Gasteiger partial charge is 0.229 e. The van der Waals surface area contributed by atoms with Crippen LogP contribution in [-0.2, 0) is 4.79 Å². The molecule has 2 aromatic carbocycles. The number of piperidine rings is 1. The number of amides is 1. The van der Waals surface area contributed by atoms with Gasteiger partial charge in [-0.3, -0.25) is 4.79 Å². The molecule has 2 aromatic rings. The van der Waals surface area contributed by atoms with Crippen LogP contribution in [0.3, 0.4) is 0 Å². The molecule has 4 unspecified atom stereocenters. The summed E-state index contributed by atoms with van der Waals surface area (Å²) >= 11 is 12.7. The van der Waals surface area contributed by atoms with Crippen LogP contribution in [-0.4, -0.2) is 30.4 Å². The number of rotatable bonds is 8. The lowest BCUT2D eigenvalue weighted by Crippen LogP contribution is -2.58. The van der Waals surface area contributed by atoms with Crippen LogP contribution in [0.4, 0.5) is 0 Å². The predicted octanol–water partition coefficient (Wildman–Crippen LogP) is 6.63. The molecule has 1 saturated carbocycles. The van der Waals surface area contributed by atoms with E-state index in [2.05, 4.69) is 48.0 Å². The lowest BCUT2D eigenvalue weighted by molar-refractivity contribution is -0.155. The van der Waals surface area contributed by atoms with E-state index in [4.69, 9.17) is 23.2 Å². The molecular formula is C27H32Cl2N2O. The molecule has 170 valence electrons. The first kappa shape index (κ1) is 23.4. The maximum atomic E-state index is 14.2. The molecule has 1 amide bonds. The number of nitrogens with one attached hydrogen (secondary N) is 1. The van der Waals surface area contributed by atoms with Crippen LogP contribution in [0.25, 0.3) is 0 Å². The monoisotopic (exact) mass is 470 g/mol. The van der Waals surface area contributed by atoms with Gasteiger partial charge in [-0.05, 0) is 74.0 Å². The number of benzene rings is 2. The molecule has 2 aliphatic rings. The molecule has 32 heavy (non-hydrogen) atoms. The Hall–Kier alpha value is -1.81. The van der Waals surface area contributed by atoms with Crippen molar-refractivity contribution in [3.8, 4) is 0 Å². The lowest BCUT2D eigenvalue weighted by atomic mass is 9.67. The first-order valence-electron chi connectivity index (χ1n) is 11.5. The number of allylic oxidation sites excluding steroid dienone is 1. The Morgan fingerprint density at radius 1 is 1.16 bits per heavy atom. The topological polar surface area (TPSA) is 32.3 Å². The standard InChI is InChI=1S/C27H32Cl2N2O/c1-4-14-27(2)16-23(20-6-5-7-22(29)15-20)25(19-10-12-21(28)13-11-19)31(26(27)32)24(17-30-3)18-8-9-18/h4-7,10-13,15,18,23-25,30H,1,8-9,14,16-17H2,2-3H3. The van der Waals surface area contributed by atoms with Crippen LogP contribution < -0.4 is 5.32 Å². The van der Waals surface area contributed by atoms with Crippen molar-refractivity contribution in [1.29, 1.82) is 0 Å². The minimum atomic E-state index is -0.501. The van der Waals surface area contributed by atoms with Crippen molar-refractivity contribution in [2.45, 2.75) is 50.6 Å². The predicted molar refractivity (Wildman–Crippen MR) is 133 cm³/mol. The zero-order valence-corrected chi connectivity index (χ0v) is 20.4. The zero-order chi connectivity index (χ0) is 22.9. The molecule has 0 spiro atoms. The highest BCUT2D eigenvalue weighted by molar-refractivity contribution is 6.30. The Balaban J connectivity index is 1.89. The molecule has 0 aromatic heterocycles. The van der Waals surface area contributed by atoms with Crippen LogP contribution in [0.15, 0.2) is 61.2 Å². The third kappa shape index (κ3) is 4.62. The Morgan fingerprint density at radius 2 is 1.88 bits per heavy atom. The number of hydrogen-bond acceptors (Lipinski definition) is 2. The number of nitrogens with zero attached hydrogens (tertiary/aromatic N) is 1. The molecule has 1 aliphatic carbocycles. The van der Waals surface area contributed by atoms with Gasteiger partial charge < -0.3 is 10.2 Å². The van der Waals surface area contributed by atoms with Crippen LogP contribution in [0.2, 0.25) is 10.0 Å². The van der Waals surface area contributed by atoms with E-state index in [9.17, 15) is 4.79 Å². The van der Waals surface area contributed by atoms with Crippen LogP contribution in [0, 0.1) is 11.3 Å². The van der Waals surface area contributed by atoms with Crippen LogP contribution in [0.5, 0.6) is 0 Å². The van der Waals surface area contributed by atoms with E-state index in [1.807, 2.05) is 37.4 Å². The van der Waals surface area contributed by atoms with E-state index in [-0.39, 0.29) is 23.9 Å². The molecule has 0 radical (unpaired) electrons. The van der Waals surface area contributed by atoms with E-state index in [1.165, 1.54) is 18.4 Å². The van der Waals surface area contributed by atoms with Crippen LogP contribution in [0.1, 0.15) is 55.7 Å². The largest absolute Gasteiger partial charge is 0.330 e. The molecule has 4 rings (SSSR count). The molecular weight excluding hydrogens is 439 g/mol. The minimum Gasteiger partial charge on any atom is -0.330 e. The quantitative estimate of drug-likeness (QED) is 0.438. The maximum absolute atomic E-state index is 14.2. The van der Waals surface area contributed by atoms with E-state index in [1.54, 1.807) is 0 Å². The molecule has 1 saturated heterocycles. The van der Waals surface area contributed by atoms with Crippen molar-refractivity contribution in [2.75, 3.05) is 13.6 Å². The molecule has 0 bridgehead atoms. The van der Waals surface area contributed by atoms with Gasteiger partial charge in [-0.25, -0.2) is 0 Å². The number of halogens is 2. The third-order valence-electron chi connectivity index (χ3n) is 7.12. The highest BCUT2D eigenvalue weighted by Crippen LogP contribution is 2.53. The van der Waals surface area contributed by atoms with E-state index in [0.29, 0.717) is 17.4 Å². The third-order valence-corrected chi connectivity index (χ3v) is 7.61. The summed E-state index contributed by atoms with van der Waals surface area (Å²) in [5.74, 6) is 0.880. The summed E-state index contributed by atoms with van der Waals surface area (Å²) in [6.07, 6.45) is 5.63. The maximum Gasteiger partial charge on any atom is 0.229 e. The van der Waals surface area contributed by atoms with Gasteiger partial charge in [-0.2, -0.15) is 0 Å². The second kappa shape index (κ2) is 9.59. The molecule has 1 N–H and O–H groups in total. The summed E-state index contributed by atoms with van der Waals surface area (Å²) in [5.41, 5.74) is 1.79.